The van der Waals surface area contributed by atoms with Crippen LogP contribution in [0, 0.1) is 5.92 Å². The number of nitrogens with one attached hydrogen (secondary N) is 1. The van der Waals surface area contributed by atoms with E-state index in [-0.39, 0.29) is 18.4 Å². The number of anilines is 2. The van der Waals surface area contributed by atoms with Crippen molar-refractivity contribution in [3.05, 3.63) is 81.0 Å². The third-order valence-corrected chi connectivity index (χ3v) is 8.08. The van der Waals surface area contributed by atoms with Crippen LogP contribution in [0.1, 0.15) is 16.0 Å². The summed E-state index contributed by atoms with van der Waals surface area (Å²) in [6, 6.07) is 15.3. The molecule has 1 amide bonds. The summed E-state index contributed by atoms with van der Waals surface area (Å²) in [5.74, 6) is -0.597. The fraction of sp³-hybridized carbons (Fsp3) is 0.346. The molecule has 0 bridgehead atoms. The third-order valence-electron chi connectivity index (χ3n) is 6.82. The van der Waals surface area contributed by atoms with E-state index in [0.29, 0.717) is 36.8 Å². The van der Waals surface area contributed by atoms with Gasteiger partial charge in [-0.05, 0) is 60.2 Å². The molecule has 35 heavy (non-hydrogen) atoms. The van der Waals surface area contributed by atoms with Crippen LogP contribution in [0.2, 0.25) is 5.02 Å². The monoisotopic (exact) mass is 519 g/mol. The maximum Gasteiger partial charge on any atom is 0.416 e. The number of para-hydroxylation sites is 1. The second-order valence-corrected chi connectivity index (χ2v) is 10.4. The molecule has 1 saturated heterocycles. The zero-order valence-corrected chi connectivity index (χ0v) is 20.5. The number of hydrogen-bond donors (Lipinski definition) is 1. The van der Waals surface area contributed by atoms with Crippen molar-refractivity contribution < 1.29 is 18.0 Å². The maximum atomic E-state index is 13.4. The molecule has 4 nitrogen and oxygen atoms in total. The van der Waals surface area contributed by atoms with Crippen LogP contribution in [0.25, 0.3) is 0 Å². The number of nitrogens with zero attached hydrogens (tertiary/aromatic N) is 2. The highest BCUT2D eigenvalue weighted by molar-refractivity contribution is 7.09. The van der Waals surface area contributed by atoms with Gasteiger partial charge >= 0.3 is 6.18 Å². The van der Waals surface area contributed by atoms with Gasteiger partial charge in [0.25, 0.3) is 0 Å². The second kappa shape index (κ2) is 9.74. The van der Waals surface area contributed by atoms with Crippen molar-refractivity contribution in [2.24, 2.45) is 5.92 Å². The van der Waals surface area contributed by atoms with E-state index in [1.807, 2.05) is 41.8 Å². The fourth-order valence-electron chi connectivity index (χ4n) is 5.12. The number of halogens is 4. The van der Waals surface area contributed by atoms with Gasteiger partial charge in [-0.1, -0.05) is 29.8 Å². The topological polar surface area (TPSA) is 35.6 Å². The number of rotatable bonds is 5. The molecule has 2 atom stereocenters. The summed E-state index contributed by atoms with van der Waals surface area (Å²) in [4.78, 5) is 18.8. The highest BCUT2D eigenvalue weighted by Gasteiger charge is 2.43. The van der Waals surface area contributed by atoms with Crippen molar-refractivity contribution in [2.45, 2.75) is 25.1 Å². The Hall–Kier alpha value is -2.71. The number of thiophene rings is 1. The SMILES string of the molecule is O=C(NCCc1cccs1)C1Cc2cc(C(F)(F)F)ccc2N2CCN(c3ccccc3Cl)CC12. The standard InChI is InChI=1S/C26H25ClF3N3OS/c27-21-5-1-2-6-23(21)32-11-12-33-22-8-7-18(26(28,29)30)14-17(22)15-20(24(33)16-32)25(34)31-10-9-19-4-3-13-35-19/h1-8,13-14,20,24H,9-12,15-16H2,(H,31,34). The average molecular weight is 520 g/mol. The molecule has 0 saturated carbocycles. The van der Waals surface area contributed by atoms with Gasteiger partial charge in [0.1, 0.15) is 0 Å². The first-order valence-electron chi connectivity index (χ1n) is 11.6. The predicted molar refractivity (Wildman–Crippen MR) is 134 cm³/mol. The van der Waals surface area contributed by atoms with Gasteiger partial charge in [0.15, 0.2) is 0 Å². The van der Waals surface area contributed by atoms with Crippen LogP contribution >= 0.6 is 22.9 Å². The highest BCUT2D eigenvalue weighted by atomic mass is 35.5. The molecule has 1 fully saturated rings. The second-order valence-electron chi connectivity index (χ2n) is 8.93. The zero-order valence-electron chi connectivity index (χ0n) is 18.9. The van der Waals surface area contributed by atoms with Crippen LogP contribution in [-0.2, 0) is 23.8 Å². The van der Waals surface area contributed by atoms with Gasteiger partial charge in [0.2, 0.25) is 5.91 Å². The van der Waals surface area contributed by atoms with E-state index in [1.54, 1.807) is 17.4 Å². The van der Waals surface area contributed by atoms with E-state index in [9.17, 15) is 18.0 Å². The molecule has 0 spiro atoms. The maximum absolute atomic E-state index is 13.4. The minimum absolute atomic E-state index is 0.124. The zero-order chi connectivity index (χ0) is 24.6. The Bertz CT molecular complexity index is 1200. The first-order valence-corrected chi connectivity index (χ1v) is 12.8. The Balaban J connectivity index is 1.42. The van der Waals surface area contributed by atoms with E-state index in [2.05, 4.69) is 15.1 Å². The summed E-state index contributed by atoms with van der Waals surface area (Å²) in [6.45, 7) is 2.31. The summed E-state index contributed by atoms with van der Waals surface area (Å²) in [5.41, 5.74) is 1.58. The summed E-state index contributed by atoms with van der Waals surface area (Å²) < 4.78 is 40.2. The molecule has 2 aliphatic rings. The Morgan fingerprint density at radius 2 is 1.91 bits per heavy atom. The lowest BCUT2D eigenvalue weighted by Crippen LogP contribution is -2.61. The number of carbonyl (C=O) groups is 1. The Labute approximate surface area is 211 Å². The molecule has 3 aromatic rings. The lowest BCUT2D eigenvalue weighted by molar-refractivity contribution is -0.137. The Morgan fingerprint density at radius 1 is 1.09 bits per heavy atom. The minimum atomic E-state index is -4.42. The number of piperazine rings is 1. The van der Waals surface area contributed by atoms with Gasteiger partial charge in [0, 0.05) is 36.7 Å². The van der Waals surface area contributed by atoms with Crippen LogP contribution in [0.3, 0.4) is 0 Å². The number of hydrogen-bond acceptors (Lipinski definition) is 4. The van der Waals surface area contributed by atoms with Gasteiger partial charge in [0.05, 0.1) is 28.2 Å². The fourth-order valence-corrected chi connectivity index (χ4v) is 6.09. The molecule has 2 aromatic carbocycles. The molecule has 1 N–H and O–H groups in total. The molecular weight excluding hydrogens is 495 g/mol. The van der Waals surface area contributed by atoms with Crippen molar-refractivity contribution >= 4 is 40.2 Å². The van der Waals surface area contributed by atoms with E-state index in [0.717, 1.165) is 23.9 Å². The number of amides is 1. The number of fused-ring (bicyclic) bond motifs is 3. The largest absolute Gasteiger partial charge is 0.416 e. The first-order chi connectivity index (χ1) is 16.8. The van der Waals surface area contributed by atoms with Gasteiger partial charge in [-0.15, -0.1) is 11.3 Å². The van der Waals surface area contributed by atoms with E-state index in [1.165, 1.54) is 10.9 Å². The van der Waals surface area contributed by atoms with Crippen molar-refractivity contribution in [1.82, 2.24) is 5.32 Å². The molecule has 3 heterocycles. The highest BCUT2D eigenvalue weighted by Crippen LogP contribution is 2.40. The Morgan fingerprint density at radius 3 is 2.66 bits per heavy atom. The van der Waals surface area contributed by atoms with E-state index >= 15 is 0 Å². The summed E-state index contributed by atoms with van der Waals surface area (Å²) >= 11 is 8.09. The molecule has 0 radical (unpaired) electrons. The molecule has 9 heteroatoms. The summed E-state index contributed by atoms with van der Waals surface area (Å²) in [6.07, 6.45) is -3.43. The molecule has 2 unspecified atom stereocenters. The van der Waals surface area contributed by atoms with Gasteiger partial charge in [-0.25, -0.2) is 0 Å². The Kier molecular flexibility index (Phi) is 6.68. The van der Waals surface area contributed by atoms with E-state index < -0.39 is 17.7 Å². The van der Waals surface area contributed by atoms with Crippen LogP contribution in [0.15, 0.2) is 60.0 Å². The van der Waals surface area contributed by atoms with Crippen LogP contribution in [0.5, 0.6) is 0 Å². The lowest BCUT2D eigenvalue weighted by atomic mass is 9.82. The quantitative estimate of drug-likeness (QED) is 0.473. The van der Waals surface area contributed by atoms with Crippen molar-refractivity contribution in [3.63, 3.8) is 0 Å². The lowest BCUT2D eigenvalue weighted by Gasteiger charge is -2.50. The van der Waals surface area contributed by atoms with Crippen molar-refractivity contribution in [1.29, 1.82) is 0 Å². The molecule has 5 rings (SSSR count). The van der Waals surface area contributed by atoms with Crippen LogP contribution < -0.4 is 15.1 Å². The number of benzene rings is 2. The summed E-state index contributed by atoms with van der Waals surface area (Å²) in [5, 5.41) is 5.68. The average Bonchev–Trinajstić information content (AvgIpc) is 3.36. The van der Waals surface area contributed by atoms with Crippen LogP contribution in [0.4, 0.5) is 24.5 Å². The molecule has 184 valence electrons. The normalized spacial score (nSPS) is 19.8. The van der Waals surface area contributed by atoms with Crippen LogP contribution in [-0.4, -0.2) is 38.1 Å². The smallest absolute Gasteiger partial charge is 0.366 e. The molecular formula is C26H25ClF3N3OS. The van der Waals surface area contributed by atoms with Gasteiger partial charge in [-0.3, -0.25) is 4.79 Å². The van der Waals surface area contributed by atoms with E-state index in [4.69, 9.17) is 11.6 Å². The predicted octanol–water partition coefficient (Wildman–Crippen LogP) is 5.65. The van der Waals surface area contributed by atoms with Gasteiger partial charge < -0.3 is 15.1 Å². The summed E-state index contributed by atoms with van der Waals surface area (Å²) in [7, 11) is 0. The molecule has 2 aliphatic heterocycles. The van der Waals surface area contributed by atoms with Crippen molar-refractivity contribution in [2.75, 3.05) is 36.0 Å². The molecule has 0 aliphatic carbocycles. The van der Waals surface area contributed by atoms with Gasteiger partial charge in [-0.2, -0.15) is 13.2 Å². The molecule has 1 aromatic heterocycles. The number of carbonyl (C=O) groups excluding carboxylic acids is 1. The minimum Gasteiger partial charge on any atom is -0.366 e. The third kappa shape index (κ3) is 5.00. The first kappa shape index (κ1) is 24.0. The van der Waals surface area contributed by atoms with Crippen molar-refractivity contribution in [3.8, 4) is 0 Å². The number of alkyl halides is 3.